The van der Waals surface area contributed by atoms with Crippen LogP contribution in [-0.4, -0.2) is 43.7 Å². The van der Waals surface area contributed by atoms with Crippen LogP contribution in [0.15, 0.2) is 29.3 Å². The van der Waals surface area contributed by atoms with Gasteiger partial charge in [0.15, 0.2) is 5.96 Å². The number of rotatable bonds is 3. The summed E-state index contributed by atoms with van der Waals surface area (Å²) in [5.74, 6) is 0.449. The number of ether oxygens (including phenoxy) is 1. The molecule has 0 spiro atoms. The molecule has 2 saturated heterocycles. The highest BCUT2D eigenvalue weighted by molar-refractivity contribution is 14.0. The number of benzene rings is 1. The first-order valence-electron chi connectivity index (χ1n) is 8.58. The molecule has 3 rings (SSSR count). The fraction of sp³-hybridized carbons (Fsp3) is 0.611. The highest BCUT2D eigenvalue weighted by atomic mass is 127. The molecular weight excluding hydrogens is 420 g/mol. The number of aliphatic imine (C=N–C) groups is 1. The molecule has 0 amide bonds. The molecule has 134 valence electrons. The predicted octanol–water partition coefficient (Wildman–Crippen LogP) is 3.29. The van der Waals surface area contributed by atoms with Gasteiger partial charge in [0, 0.05) is 31.7 Å². The van der Waals surface area contributed by atoms with Crippen LogP contribution >= 0.6 is 24.0 Å². The van der Waals surface area contributed by atoms with Crippen LogP contribution in [0.4, 0.5) is 4.39 Å². The molecule has 4 nitrogen and oxygen atoms in total. The van der Waals surface area contributed by atoms with Crippen molar-refractivity contribution in [2.24, 2.45) is 10.7 Å². The van der Waals surface area contributed by atoms with E-state index in [1.807, 2.05) is 12.1 Å². The Hall–Kier alpha value is -0.890. The lowest BCUT2D eigenvalue weighted by Gasteiger charge is -2.37. The predicted molar refractivity (Wildman–Crippen MR) is 105 cm³/mol. The fourth-order valence-corrected chi connectivity index (χ4v) is 3.56. The van der Waals surface area contributed by atoms with Crippen molar-refractivity contribution in [3.63, 3.8) is 0 Å². The summed E-state index contributed by atoms with van der Waals surface area (Å²) in [7, 11) is 0. The fourth-order valence-electron chi connectivity index (χ4n) is 3.56. The zero-order valence-electron chi connectivity index (χ0n) is 14.0. The highest BCUT2D eigenvalue weighted by Gasteiger charge is 2.34. The van der Waals surface area contributed by atoms with Gasteiger partial charge in [-0.15, -0.1) is 24.0 Å². The van der Waals surface area contributed by atoms with Crippen LogP contribution in [-0.2, 0) is 10.2 Å². The van der Waals surface area contributed by atoms with Crippen LogP contribution in [0.25, 0.3) is 0 Å². The Balaban J connectivity index is 0.00000208. The van der Waals surface area contributed by atoms with Crippen molar-refractivity contribution in [2.45, 2.75) is 37.5 Å². The molecule has 0 aromatic heterocycles. The summed E-state index contributed by atoms with van der Waals surface area (Å²) >= 11 is 0. The smallest absolute Gasteiger partial charge is 0.191 e. The second kappa shape index (κ2) is 8.99. The Bertz CT molecular complexity index is 538. The third-order valence-corrected chi connectivity index (χ3v) is 5.13. The molecule has 24 heavy (non-hydrogen) atoms. The van der Waals surface area contributed by atoms with Gasteiger partial charge in [-0.25, -0.2) is 4.39 Å². The van der Waals surface area contributed by atoms with Gasteiger partial charge in [-0.2, -0.15) is 0 Å². The van der Waals surface area contributed by atoms with Gasteiger partial charge in [0.25, 0.3) is 0 Å². The van der Waals surface area contributed by atoms with E-state index in [9.17, 15) is 4.39 Å². The van der Waals surface area contributed by atoms with Crippen LogP contribution in [0, 0.1) is 5.82 Å². The normalized spacial score (nSPS) is 21.2. The maximum Gasteiger partial charge on any atom is 0.191 e. The van der Waals surface area contributed by atoms with Crippen LogP contribution in [0.3, 0.4) is 0 Å². The van der Waals surface area contributed by atoms with E-state index in [2.05, 4.69) is 4.90 Å². The molecule has 2 aliphatic heterocycles. The van der Waals surface area contributed by atoms with E-state index in [4.69, 9.17) is 15.5 Å². The summed E-state index contributed by atoms with van der Waals surface area (Å²) in [4.78, 5) is 6.90. The zero-order valence-corrected chi connectivity index (χ0v) is 16.4. The topological polar surface area (TPSA) is 50.9 Å². The van der Waals surface area contributed by atoms with Crippen molar-refractivity contribution < 1.29 is 9.13 Å². The molecule has 0 radical (unpaired) electrons. The van der Waals surface area contributed by atoms with Gasteiger partial charge < -0.3 is 15.4 Å². The van der Waals surface area contributed by atoms with Crippen molar-refractivity contribution in [3.8, 4) is 0 Å². The number of piperidine rings is 1. The number of nitrogens with zero attached hydrogens (tertiary/aromatic N) is 2. The molecule has 1 aromatic carbocycles. The third-order valence-electron chi connectivity index (χ3n) is 5.13. The summed E-state index contributed by atoms with van der Waals surface area (Å²) in [6.45, 7) is 4.08. The van der Waals surface area contributed by atoms with Gasteiger partial charge in [0.05, 0.1) is 6.54 Å². The van der Waals surface area contributed by atoms with E-state index in [-0.39, 0.29) is 35.2 Å². The lowest BCUT2D eigenvalue weighted by Crippen LogP contribution is -2.43. The lowest BCUT2D eigenvalue weighted by molar-refractivity contribution is 0.0530. The van der Waals surface area contributed by atoms with E-state index >= 15 is 0 Å². The van der Waals surface area contributed by atoms with Crippen molar-refractivity contribution in [2.75, 3.05) is 32.8 Å². The number of hydrogen-bond donors (Lipinski definition) is 1. The molecule has 2 N–H and O–H groups in total. The van der Waals surface area contributed by atoms with Crippen molar-refractivity contribution in [1.82, 2.24) is 4.90 Å². The first-order chi connectivity index (χ1) is 11.2. The Morgan fingerprint density at radius 2 is 1.75 bits per heavy atom. The van der Waals surface area contributed by atoms with Gasteiger partial charge >= 0.3 is 0 Å². The largest absolute Gasteiger partial charge is 0.381 e. The van der Waals surface area contributed by atoms with Gasteiger partial charge in [0.2, 0.25) is 0 Å². The number of nitrogens with two attached hydrogens (primary N) is 1. The molecule has 2 aliphatic rings. The number of likely N-dealkylation sites (tertiary alicyclic amines) is 1. The van der Waals surface area contributed by atoms with Crippen molar-refractivity contribution in [3.05, 3.63) is 35.6 Å². The average molecular weight is 447 g/mol. The Morgan fingerprint density at radius 1 is 1.12 bits per heavy atom. The molecule has 6 heteroatoms. The molecule has 0 unspecified atom stereocenters. The van der Waals surface area contributed by atoms with Gasteiger partial charge in [0.1, 0.15) is 5.82 Å². The van der Waals surface area contributed by atoms with Crippen LogP contribution in [0.1, 0.15) is 37.7 Å². The Labute approximate surface area is 160 Å². The third kappa shape index (κ3) is 4.59. The molecular formula is C18H27FIN3O. The summed E-state index contributed by atoms with van der Waals surface area (Å²) in [6, 6.07) is 6.83. The monoisotopic (exact) mass is 447 g/mol. The average Bonchev–Trinajstić information content (AvgIpc) is 2.62. The Morgan fingerprint density at radius 3 is 2.38 bits per heavy atom. The second-order valence-electron chi connectivity index (χ2n) is 6.62. The molecule has 0 saturated carbocycles. The van der Waals surface area contributed by atoms with Crippen molar-refractivity contribution in [1.29, 1.82) is 0 Å². The SMILES string of the molecule is I.NC(=NCC1(c2ccc(F)cc2)CCOCC1)N1CCCCC1. The van der Waals surface area contributed by atoms with E-state index in [1.54, 1.807) is 0 Å². The van der Waals surface area contributed by atoms with Crippen LogP contribution < -0.4 is 5.73 Å². The summed E-state index contributed by atoms with van der Waals surface area (Å²) in [6.07, 6.45) is 5.45. The summed E-state index contributed by atoms with van der Waals surface area (Å²) < 4.78 is 18.8. The molecule has 0 atom stereocenters. The zero-order chi connectivity index (χ0) is 16.1. The number of guanidine groups is 1. The van der Waals surface area contributed by atoms with E-state index in [1.165, 1.54) is 31.4 Å². The molecule has 1 aromatic rings. The lowest BCUT2D eigenvalue weighted by atomic mass is 9.74. The second-order valence-corrected chi connectivity index (χ2v) is 6.62. The number of hydrogen-bond acceptors (Lipinski definition) is 2. The molecule has 0 aliphatic carbocycles. The minimum Gasteiger partial charge on any atom is -0.381 e. The quantitative estimate of drug-likeness (QED) is 0.440. The van der Waals surface area contributed by atoms with Crippen LogP contribution in [0.5, 0.6) is 0 Å². The summed E-state index contributed by atoms with van der Waals surface area (Å²) in [5.41, 5.74) is 7.26. The first kappa shape index (κ1) is 19.4. The molecule has 2 fully saturated rings. The van der Waals surface area contributed by atoms with E-state index in [0.717, 1.165) is 44.7 Å². The van der Waals surface area contributed by atoms with Gasteiger partial charge in [-0.05, 0) is 49.8 Å². The minimum atomic E-state index is -0.202. The maximum absolute atomic E-state index is 13.3. The van der Waals surface area contributed by atoms with Gasteiger partial charge in [-0.3, -0.25) is 4.99 Å². The van der Waals surface area contributed by atoms with E-state index < -0.39 is 0 Å². The minimum absolute atomic E-state index is 0. The van der Waals surface area contributed by atoms with Crippen LogP contribution in [0.2, 0.25) is 0 Å². The van der Waals surface area contributed by atoms with E-state index in [0.29, 0.717) is 12.5 Å². The number of halogens is 2. The highest BCUT2D eigenvalue weighted by Crippen LogP contribution is 2.35. The van der Waals surface area contributed by atoms with Gasteiger partial charge in [-0.1, -0.05) is 12.1 Å². The molecule has 2 heterocycles. The standard InChI is InChI=1S/C18H26FN3O.HI/c19-16-6-4-15(5-7-16)18(8-12-23-13-9-18)14-21-17(20)22-10-2-1-3-11-22;/h4-7H,1-3,8-14H2,(H2,20,21);1H. The van der Waals surface area contributed by atoms with Crippen molar-refractivity contribution >= 4 is 29.9 Å². The molecule has 0 bridgehead atoms. The summed E-state index contributed by atoms with van der Waals surface area (Å²) in [5, 5.41) is 0. The first-order valence-corrected chi connectivity index (χ1v) is 8.58. The Kier molecular flexibility index (Phi) is 7.28. The maximum atomic E-state index is 13.3.